The molecule has 2 fully saturated rings. The average molecular weight is 404 g/mol. The van der Waals surface area contributed by atoms with Gasteiger partial charge in [-0.25, -0.2) is 0 Å². The van der Waals surface area contributed by atoms with Crippen molar-refractivity contribution in [2.45, 2.75) is 25.3 Å². The van der Waals surface area contributed by atoms with Crippen molar-refractivity contribution >= 4 is 30.7 Å². The maximum Gasteiger partial charge on any atom is 0.246 e. The first kappa shape index (κ1) is 23.2. The van der Waals surface area contributed by atoms with Crippen molar-refractivity contribution in [1.82, 2.24) is 9.80 Å². The minimum absolute atomic E-state index is 0. The number of amides is 1. The number of benzene rings is 1. The number of morpholine rings is 1. The second-order valence-corrected chi connectivity index (χ2v) is 7.24. The Hall–Kier alpha value is -0.850. The predicted molar refractivity (Wildman–Crippen MR) is 109 cm³/mol. The smallest absolute Gasteiger partial charge is 0.246 e. The zero-order valence-corrected chi connectivity index (χ0v) is 17.1. The zero-order valence-electron chi connectivity index (χ0n) is 15.4. The summed E-state index contributed by atoms with van der Waals surface area (Å²) in [7, 11) is 0. The third-order valence-electron chi connectivity index (χ3n) is 5.24. The van der Waals surface area contributed by atoms with Gasteiger partial charge in [0.25, 0.3) is 0 Å². The maximum atomic E-state index is 13.0. The number of hydrogen-bond acceptors (Lipinski definition) is 4. The first-order valence-electron chi connectivity index (χ1n) is 9.01. The fourth-order valence-electron chi connectivity index (χ4n) is 3.78. The van der Waals surface area contributed by atoms with Crippen LogP contribution in [-0.4, -0.2) is 61.6 Å². The van der Waals surface area contributed by atoms with E-state index in [1.165, 1.54) is 6.42 Å². The van der Waals surface area contributed by atoms with E-state index < -0.39 is 5.54 Å². The fourth-order valence-corrected chi connectivity index (χ4v) is 3.78. The zero-order chi connectivity index (χ0) is 17.0. The summed E-state index contributed by atoms with van der Waals surface area (Å²) in [5.74, 6) is 0.577. The molecule has 0 aliphatic carbocycles. The number of piperidine rings is 1. The summed E-state index contributed by atoms with van der Waals surface area (Å²) in [4.78, 5) is 17.5. The molecule has 26 heavy (non-hydrogen) atoms. The van der Waals surface area contributed by atoms with E-state index in [1.54, 1.807) is 0 Å². The molecule has 3 rings (SSSR count). The van der Waals surface area contributed by atoms with Gasteiger partial charge in [0.05, 0.1) is 13.2 Å². The lowest BCUT2D eigenvalue weighted by molar-refractivity contribution is -0.138. The normalized spacial score (nSPS) is 23.3. The van der Waals surface area contributed by atoms with E-state index in [4.69, 9.17) is 10.5 Å². The number of carbonyl (C=O) groups is 1. The second kappa shape index (κ2) is 10.5. The Labute approximate surface area is 169 Å². The topological polar surface area (TPSA) is 58.8 Å². The standard InChI is InChI=1S/C19H29N3O2.2ClH/c1-19(20,17-7-3-2-4-8-17)18(23)22-9-5-6-16(15-22)14-21-10-12-24-13-11-21;;/h2-4,7-8,16H,5-6,9-15,20H2,1H3;2*1H. The summed E-state index contributed by atoms with van der Waals surface area (Å²) >= 11 is 0. The van der Waals surface area contributed by atoms with Crippen molar-refractivity contribution in [3.8, 4) is 0 Å². The second-order valence-electron chi connectivity index (χ2n) is 7.24. The predicted octanol–water partition coefficient (Wildman–Crippen LogP) is 2.27. The number of nitrogens with zero attached hydrogens (tertiary/aromatic N) is 2. The van der Waals surface area contributed by atoms with Gasteiger partial charge in [0.1, 0.15) is 5.54 Å². The van der Waals surface area contributed by atoms with Crippen LogP contribution in [0.3, 0.4) is 0 Å². The van der Waals surface area contributed by atoms with Gasteiger partial charge in [0, 0.05) is 32.7 Å². The van der Waals surface area contributed by atoms with E-state index in [9.17, 15) is 4.79 Å². The molecule has 0 bridgehead atoms. The quantitative estimate of drug-likeness (QED) is 0.837. The van der Waals surface area contributed by atoms with Gasteiger partial charge in [-0.05, 0) is 31.2 Å². The van der Waals surface area contributed by atoms with Crippen LogP contribution in [0.2, 0.25) is 0 Å². The Morgan fingerprint density at radius 1 is 1.19 bits per heavy atom. The van der Waals surface area contributed by atoms with Crippen LogP contribution in [0.25, 0.3) is 0 Å². The lowest BCUT2D eigenvalue weighted by Crippen LogP contribution is -2.54. The molecule has 0 radical (unpaired) electrons. The molecule has 148 valence electrons. The maximum absolute atomic E-state index is 13.0. The summed E-state index contributed by atoms with van der Waals surface area (Å²) in [6.07, 6.45) is 2.25. The number of carbonyl (C=O) groups excluding carboxylic acids is 1. The molecular formula is C19H31Cl2N3O2. The monoisotopic (exact) mass is 403 g/mol. The Morgan fingerprint density at radius 3 is 2.50 bits per heavy atom. The molecule has 1 aromatic carbocycles. The minimum Gasteiger partial charge on any atom is -0.379 e. The number of nitrogens with two attached hydrogens (primary N) is 1. The third kappa shape index (κ3) is 5.57. The first-order valence-corrected chi connectivity index (χ1v) is 9.01. The molecule has 2 aliphatic rings. The van der Waals surface area contributed by atoms with Crippen molar-refractivity contribution < 1.29 is 9.53 Å². The van der Waals surface area contributed by atoms with Gasteiger partial charge in [0.15, 0.2) is 0 Å². The summed E-state index contributed by atoms with van der Waals surface area (Å²) < 4.78 is 5.42. The lowest BCUT2D eigenvalue weighted by Gasteiger charge is -2.39. The van der Waals surface area contributed by atoms with Crippen LogP contribution in [0.1, 0.15) is 25.3 Å². The molecule has 2 heterocycles. The Kier molecular flexibility index (Phi) is 9.34. The van der Waals surface area contributed by atoms with Crippen molar-refractivity contribution in [3.05, 3.63) is 35.9 Å². The Morgan fingerprint density at radius 2 is 1.85 bits per heavy atom. The van der Waals surface area contributed by atoms with E-state index in [2.05, 4.69) is 4.90 Å². The molecule has 0 spiro atoms. The third-order valence-corrected chi connectivity index (χ3v) is 5.24. The van der Waals surface area contributed by atoms with Crippen LogP contribution in [0, 0.1) is 5.92 Å². The molecule has 2 atom stereocenters. The Bertz CT molecular complexity index is 551. The van der Waals surface area contributed by atoms with Crippen molar-refractivity contribution in [2.75, 3.05) is 45.9 Å². The van der Waals surface area contributed by atoms with Gasteiger partial charge in [-0.15, -0.1) is 24.8 Å². The Balaban J connectivity index is 0.00000169. The molecule has 7 heteroatoms. The number of hydrogen-bond donors (Lipinski definition) is 1. The number of likely N-dealkylation sites (tertiary alicyclic amines) is 1. The molecular weight excluding hydrogens is 373 g/mol. The van der Waals surface area contributed by atoms with Crippen molar-refractivity contribution in [3.63, 3.8) is 0 Å². The van der Waals surface area contributed by atoms with Crippen molar-refractivity contribution in [1.29, 1.82) is 0 Å². The van der Waals surface area contributed by atoms with Crippen LogP contribution in [0.4, 0.5) is 0 Å². The minimum atomic E-state index is -0.956. The van der Waals surface area contributed by atoms with Gasteiger partial charge in [-0.2, -0.15) is 0 Å². The summed E-state index contributed by atoms with van der Waals surface area (Å²) in [5.41, 5.74) is 6.35. The molecule has 0 aromatic heterocycles. The highest BCUT2D eigenvalue weighted by molar-refractivity contribution is 5.87. The SMILES string of the molecule is CC(N)(C(=O)N1CCCC(CN2CCOCC2)C1)c1ccccc1.Cl.Cl. The van der Waals surface area contributed by atoms with E-state index in [-0.39, 0.29) is 30.7 Å². The summed E-state index contributed by atoms with van der Waals surface area (Å²) in [6.45, 7) is 8.17. The fraction of sp³-hybridized carbons (Fsp3) is 0.632. The van der Waals surface area contributed by atoms with Gasteiger partial charge in [-0.1, -0.05) is 30.3 Å². The van der Waals surface area contributed by atoms with Crippen LogP contribution in [0.5, 0.6) is 0 Å². The highest BCUT2D eigenvalue weighted by Crippen LogP contribution is 2.25. The van der Waals surface area contributed by atoms with Crippen LogP contribution in [0.15, 0.2) is 30.3 Å². The van der Waals surface area contributed by atoms with E-state index >= 15 is 0 Å². The molecule has 2 N–H and O–H groups in total. The van der Waals surface area contributed by atoms with E-state index in [0.29, 0.717) is 5.92 Å². The molecule has 0 saturated carbocycles. The number of halogens is 2. The van der Waals surface area contributed by atoms with E-state index in [1.807, 2.05) is 42.2 Å². The molecule has 2 unspecified atom stereocenters. The molecule has 2 saturated heterocycles. The summed E-state index contributed by atoms with van der Waals surface area (Å²) in [5, 5.41) is 0. The van der Waals surface area contributed by atoms with Gasteiger partial charge in [-0.3, -0.25) is 9.69 Å². The molecule has 2 aliphatic heterocycles. The van der Waals surface area contributed by atoms with Crippen LogP contribution < -0.4 is 5.73 Å². The molecule has 1 aromatic rings. The van der Waals surface area contributed by atoms with Gasteiger partial charge in [0.2, 0.25) is 5.91 Å². The first-order chi connectivity index (χ1) is 11.6. The highest BCUT2D eigenvalue weighted by atomic mass is 35.5. The summed E-state index contributed by atoms with van der Waals surface area (Å²) in [6, 6.07) is 9.69. The van der Waals surface area contributed by atoms with E-state index in [0.717, 1.165) is 57.9 Å². The van der Waals surface area contributed by atoms with Crippen molar-refractivity contribution in [2.24, 2.45) is 11.7 Å². The highest BCUT2D eigenvalue weighted by Gasteiger charge is 2.36. The number of rotatable bonds is 4. The van der Waals surface area contributed by atoms with Gasteiger partial charge >= 0.3 is 0 Å². The van der Waals surface area contributed by atoms with Crippen LogP contribution in [-0.2, 0) is 15.1 Å². The molecule has 1 amide bonds. The lowest BCUT2D eigenvalue weighted by atomic mass is 9.89. The average Bonchev–Trinajstić information content (AvgIpc) is 2.63. The largest absolute Gasteiger partial charge is 0.379 e. The number of ether oxygens (including phenoxy) is 1. The van der Waals surface area contributed by atoms with Crippen LogP contribution >= 0.6 is 24.8 Å². The van der Waals surface area contributed by atoms with Gasteiger partial charge < -0.3 is 15.4 Å². The molecule has 5 nitrogen and oxygen atoms in total.